The molecule has 0 amide bonds. The summed E-state index contributed by atoms with van der Waals surface area (Å²) in [5, 5.41) is 1.05. The Kier molecular flexibility index (Phi) is 4.42. The second-order valence-electron chi connectivity index (χ2n) is 3.68. The number of aromatic nitrogens is 1. The van der Waals surface area contributed by atoms with E-state index in [1.165, 1.54) is 0 Å². The van der Waals surface area contributed by atoms with E-state index in [4.69, 9.17) is 33.7 Å². The molecule has 0 unspecified atom stereocenters. The number of rotatable bonds is 4. The van der Waals surface area contributed by atoms with Gasteiger partial charge in [0, 0.05) is 22.8 Å². The topological polar surface area (TPSA) is 48.1 Å². The van der Waals surface area contributed by atoms with Crippen molar-refractivity contribution in [2.75, 3.05) is 6.54 Å². The van der Waals surface area contributed by atoms with E-state index in [0.29, 0.717) is 34.6 Å². The summed E-state index contributed by atoms with van der Waals surface area (Å²) < 4.78 is 5.69. The molecule has 3 nitrogen and oxygen atoms in total. The van der Waals surface area contributed by atoms with Crippen LogP contribution in [-0.4, -0.2) is 11.5 Å². The van der Waals surface area contributed by atoms with Crippen molar-refractivity contribution in [3.63, 3.8) is 0 Å². The van der Waals surface area contributed by atoms with Gasteiger partial charge in [0.05, 0.1) is 5.02 Å². The fourth-order valence-corrected chi connectivity index (χ4v) is 1.84. The molecule has 0 spiro atoms. The molecule has 18 heavy (non-hydrogen) atoms. The van der Waals surface area contributed by atoms with Gasteiger partial charge in [-0.3, -0.25) is 0 Å². The van der Waals surface area contributed by atoms with E-state index in [1.54, 1.807) is 24.4 Å². The zero-order valence-electron chi connectivity index (χ0n) is 9.57. The molecule has 0 aliphatic heterocycles. The molecule has 0 fully saturated rings. The number of halogens is 2. The largest absolute Gasteiger partial charge is 0.437 e. The van der Waals surface area contributed by atoms with Gasteiger partial charge in [-0.1, -0.05) is 29.3 Å². The van der Waals surface area contributed by atoms with Crippen LogP contribution in [0, 0.1) is 0 Å². The number of ether oxygens (including phenoxy) is 1. The molecule has 2 N–H and O–H groups in total. The monoisotopic (exact) mass is 282 g/mol. The van der Waals surface area contributed by atoms with Crippen molar-refractivity contribution in [2.24, 2.45) is 5.73 Å². The van der Waals surface area contributed by atoms with Gasteiger partial charge in [-0.25, -0.2) is 4.98 Å². The van der Waals surface area contributed by atoms with Crippen molar-refractivity contribution in [2.45, 2.75) is 6.42 Å². The second-order valence-corrected chi connectivity index (χ2v) is 4.53. The summed E-state index contributed by atoms with van der Waals surface area (Å²) >= 11 is 11.9. The minimum atomic E-state index is 0.487. The zero-order valence-corrected chi connectivity index (χ0v) is 11.1. The number of hydrogen-bond donors (Lipinski definition) is 1. The minimum Gasteiger partial charge on any atom is -0.437 e. The fraction of sp³-hybridized carbons (Fsp3) is 0.154. The zero-order chi connectivity index (χ0) is 13.0. The smallest absolute Gasteiger partial charge is 0.222 e. The van der Waals surface area contributed by atoms with Gasteiger partial charge in [-0.15, -0.1) is 0 Å². The predicted molar refractivity (Wildman–Crippen MR) is 73.5 cm³/mol. The van der Waals surface area contributed by atoms with Crippen molar-refractivity contribution < 1.29 is 4.74 Å². The van der Waals surface area contributed by atoms with Gasteiger partial charge in [0.15, 0.2) is 0 Å². The Hall–Kier alpha value is -1.29. The van der Waals surface area contributed by atoms with Crippen molar-refractivity contribution in [3.05, 3.63) is 52.1 Å². The second kappa shape index (κ2) is 6.05. The van der Waals surface area contributed by atoms with Gasteiger partial charge in [-0.05, 0) is 31.2 Å². The average Bonchev–Trinajstić information content (AvgIpc) is 2.36. The van der Waals surface area contributed by atoms with Crippen LogP contribution >= 0.6 is 23.2 Å². The number of nitrogens with zero attached hydrogens (tertiary/aromatic N) is 1. The predicted octanol–water partition coefficient (Wildman–Crippen LogP) is 3.68. The Bertz CT molecular complexity index is 546. The summed E-state index contributed by atoms with van der Waals surface area (Å²) in [5.74, 6) is 0.994. The van der Waals surface area contributed by atoms with Gasteiger partial charge in [-0.2, -0.15) is 0 Å². The van der Waals surface area contributed by atoms with Crippen LogP contribution in [0.3, 0.4) is 0 Å². The summed E-state index contributed by atoms with van der Waals surface area (Å²) in [6.07, 6.45) is 2.36. The third-order valence-electron chi connectivity index (χ3n) is 2.36. The quantitative estimate of drug-likeness (QED) is 0.931. The molecule has 0 aliphatic carbocycles. The molecule has 94 valence electrons. The molecular weight excluding hydrogens is 271 g/mol. The Balaban J connectivity index is 2.30. The van der Waals surface area contributed by atoms with Crippen LogP contribution in [0.1, 0.15) is 5.56 Å². The summed E-state index contributed by atoms with van der Waals surface area (Å²) in [5.41, 5.74) is 6.49. The van der Waals surface area contributed by atoms with E-state index in [2.05, 4.69) is 4.98 Å². The first-order valence-electron chi connectivity index (χ1n) is 5.47. The maximum Gasteiger partial charge on any atom is 0.222 e. The van der Waals surface area contributed by atoms with E-state index in [-0.39, 0.29) is 0 Å². The van der Waals surface area contributed by atoms with Gasteiger partial charge in [0.25, 0.3) is 0 Å². The highest BCUT2D eigenvalue weighted by atomic mass is 35.5. The van der Waals surface area contributed by atoms with Gasteiger partial charge < -0.3 is 10.5 Å². The molecule has 0 bridgehead atoms. The lowest BCUT2D eigenvalue weighted by atomic mass is 10.2. The SMILES string of the molecule is NCCc1cccnc1Oc1cc(Cl)ccc1Cl. The number of pyridine rings is 1. The highest BCUT2D eigenvalue weighted by Crippen LogP contribution is 2.32. The molecule has 1 aromatic heterocycles. The molecule has 1 aromatic carbocycles. The van der Waals surface area contributed by atoms with Crippen LogP contribution in [0.5, 0.6) is 11.6 Å². The summed E-state index contributed by atoms with van der Waals surface area (Å²) in [7, 11) is 0. The van der Waals surface area contributed by atoms with E-state index >= 15 is 0 Å². The van der Waals surface area contributed by atoms with Gasteiger partial charge >= 0.3 is 0 Å². The van der Waals surface area contributed by atoms with Gasteiger partial charge in [0.1, 0.15) is 5.75 Å². The molecular formula is C13H12Cl2N2O. The Morgan fingerprint density at radius 3 is 2.83 bits per heavy atom. The highest BCUT2D eigenvalue weighted by Gasteiger charge is 2.08. The van der Waals surface area contributed by atoms with E-state index < -0.39 is 0 Å². The molecule has 2 aromatic rings. The first kappa shape index (κ1) is 13.1. The first-order valence-corrected chi connectivity index (χ1v) is 6.23. The standard InChI is InChI=1S/C13H12Cl2N2O/c14-10-3-4-11(15)12(8-10)18-13-9(5-6-16)2-1-7-17-13/h1-4,7-8H,5-6,16H2. The lowest BCUT2D eigenvalue weighted by Crippen LogP contribution is -2.04. The number of hydrogen-bond acceptors (Lipinski definition) is 3. The molecule has 0 saturated heterocycles. The molecule has 0 aliphatic rings. The Labute approximate surface area is 115 Å². The van der Waals surface area contributed by atoms with Crippen LogP contribution in [0.2, 0.25) is 10.0 Å². The lowest BCUT2D eigenvalue weighted by molar-refractivity contribution is 0.456. The minimum absolute atomic E-state index is 0.487. The molecule has 1 heterocycles. The maximum atomic E-state index is 6.04. The van der Waals surface area contributed by atoms with E-state index in [9.17, 15) is 0 Å². The van der Waals surface area contributed by atoms with Crippen LogP contribution in [0.25, 0.3) is 0 Å². The lowest BCUT2D eigenvalue weighted by Gasteiger charge is -2.10. The number of benzene rings is 1. The first-order chi connectivity index (χ1) is 8.70. The third kappa shape index (κ3) is 3.13. The van der Waals surface area contributed by atoms with Crippen LogP contribution in [0.4, 0.5) is 0 Å². The third-order valence-corrected chi connectivity index (χ3v) is 2.91. The molecule has 2 rings (SSSR count). The van der Waals surface area contributed by atoms with Crippen molar-refractivity contribution in [3.8, 4) is 11.6 Å². The fourth-order valence-electron chi connectivity index (χ4n) is 1.52. The maximum absolute atomic E-state index is 6.04. The van der Waals surface area contributed by atoms with Crippen molar-refractivity contribution >= 4 is 23.2 Å². The van der Waals surface area contributed by atoms with Gasteiger partial charge in [0.2, 0.25) is 5.88 Å². The van der Waals surface area contributed by atoms with Crippen molar-refractivity contribution in [1.82, 2.24) is 4.98 Å². The summed E-state index contributed by atoms with van der Waals surface area (Å²) in [6.45, 7) is 0.533. The number of nitrogens with two attached hydrogens (primary N) is 1. The van der Waals surface area contributed by atoms with Crippen LogP contribution < -0.4 is 10.5 Å². The highest BCUT2D eigenvalue weighted by molar-refractivity contribution is 6.34. The molecule has 0 saturated carbocycles. The Morgan fingerprint density at radius 2 is 2.06 bits per heavy atom. The molecule has 5 heteroatoms. The molecule has 0 radical (unpaired) electrons. The average molecular weight is 283 g/mol. The van der Waals surface area contributed by atoms with Crippen molar-refractivity contribution in [1.29, 1.82) is 0 Å². The van der Waals surface area contributed by atoms with E-state index in [1.807, 2.05) is 12.1 Å². The van der Waals surface area contributed by atoms with E-state index in [0.717, 1.165) is 5.56 Å². The summed E-state index contributed by atoms with van der Waals surface area (Å²) in [6, 6.07) is 8.82. The molecule has 0 atom stereocenters. The summed E-state index contributed by atoms with van der Waals surface area (Å²) in [4.78, 5) is 4.18. The Morgan fingerprint density at radius 1 is 1.22 bits per heavy atom. The normalized spacial score (nSPS) is 10.4. The van der Waals surface area contributed by atoms with Crippen LogP contribution in [-0.2, 0) is 6.42 Å². The van der Waals surface area contributed by atoms with Crippen LogP contribution in [0.15, 0.2) is 36.5 Å².